The number of nitrogens with zero attached hydrogens (tertiary/aromatic N) is 3. The van der Waals surface area contributed by atoms with Gasteiger partial charge in [-0.2, -0.15) is 0 Å². The van der Waals surface area contributed by atoms with E-state index in [0.717, 1.165) is 34.6 Å². The Bertz CT molecular complexity index is 1170. The molecule has 5 heteroatoms. The van der Waals surface area contributed by atoms with Crippen LogP contribution in [-0.2, 0) is 6.54 Å². The molecule has 2 aromatic carbocycles. The Morgan fingerprint density at radius 3 is 2.33 bits per heavy atom. The van der Waals surface area contributed by atoms with Crippen LogP contribution in [0.4, 0.5) is 0 Å². The van der Waals surface area contributed by atoms with Gasteiger partial charge in [0.15, 0.2) is 5.78 Å². The van der Waals surface area contributed by atoms with Gasteiger partial charge in [-0.15, -0.1) is 0 Å². The molecule has 0 fully saturated rings. The molecule has 2 heterocycles. The van der Waals surface area contributed by atoms with Gasteiger partial charge in [0, 0.05) is 12.1 Å². The van der Waals surface area contributed by atoms with Gasteiger partial charge in [0.2, 0.25) is 5.78 Å². The van der Waals surface area contributed by atoms with Gasteiger partial charge in [-0.3, -0.25) is 9.20 Å². The molecule has 2 aromatic heterocycles. The lowest BCUT2D eigenvalue weighted by Gasteiger charge is -2.08. The molecule has 4 rings (SSSR count). The number of carbonyl (C=O) groups excluding carboxylic acids is 1. The fourth-order valence-electron chi connectivity index (χ4n) is 3.63. The van der Waals surface area contributed by atoms with Gasteiger partial charge >= 0.3 is 0 Å². The Hall–Kier alpha value is -2.40. The summed E-state index contributed by atoms with van der Waals surface area (Å²) in [7, 11) is 0. The Labute approximate surface area is 167 Å². The normalized spacial score (nSPS) is 12.8. The molecule has 138 valence electrons. The van der Waals surface area contributed by atoms with E-state index in [2.05, 4.69) is 53.4 Å². The molecule has 27 heavy (non-hydrogen) atoms. The van der Waals surface area contributed by atoms with E-state index >= 15 is 0 Å². The summed E-state index contributed by atoms with van der Waals surface area (Å²) in [5, 5.41) is 0. The summed E-state index contributed by atoms with van der Waals surface area (Å²) < 4.78 is 4.22. The van der Waals surface area contributed by atoms with E-state index in [9.17, 15) is 4.79 Å². The first-order valence-electron chi connectivity index (χ1n) is 9.19. The molecule has 0 saturated carbocycles. The van der Waals surface area contributed by atoms with Crippen molar-refractivity contribution in [1.82, 2.24) is 14.0 Å². The Balaban J connectivity index is 2.19. The molecule has 0 spiro atoms. The van der Waals surface area contributed by atoms with Gasteiger partial charge in [-0.25, -0.2) is 4.98 Å². The van der Waals surface area contributed by atoms with Crippen molar-refractivity contribution in [3.05, 3.63) is 59.3 Å². The minimum atomic E-state index is -0.286. The lowest BCUT2D eigenvalue weighted by Crippen LogP contribution is -2.13. The molecule has 4 aromatic rings. The standard InChI is InChI=1S/C22H22BrN3O/c1-5-25-17-11-13(2)14(3)12-18(17)26-20(21(27)15(4)23)19(24-22(25)26)16-9-7-6-8-10-16/h6-12,15H,5H2,1-4H3. The third kappa shape index (κ3) is 2.72. The number of carbonyl (C=O) groups is 1. The summed E-state index contributed by atoms with van der Waals surface area (Å²) in [6.07, 6.45) is 0. The van der Waals surface area contributed by atoms with Crippen molar-refractivity contribution in [3.8, 4) is 11.3 Å². The van der Waals surface area contributed by atoms with Crippen molar-refractivity contribution in [2.75, 3.05) is 0 Å². The lowest BCUT2D eigenvalue weighted by atomic mass is 10.1. The minimum absolute atomic E-state index is 0.0368. The Morgan fingerprint density at radius 1 is 1.11 bits per heavy atom. The van der Waals surface area contributed by atoms with Gasteiger partial charge in [0.25, 0.3) is 0 Å². The summed E-state index contributed by atoms with van der Waals surface area (Å²) in [6, 6.07) is 14.3. The minimum Gasteiger partial charge on any atom is -0.310 e. The summed E-state index contributed by atoms with van der Waals surface area (Å²) in [4.78, 5) is 17.8. The second-order valence-electron chi connectivity index (χ2n) is 6.96. The summed E-state index contributed by atoms with van der Waals surface area (Å²) in [5.41, 5.74) is 6.92. The van der Waals surface area contributed by atoms with Crippen molar-refractivity contribution >= 4 is 38.5 Å². The first-order chi connectivity index (χ1) is 12.9. The number of alkyl halides is 1. The van der Waals surface area contributed by atoms with Crippen LogP contribution in [0.5, 0.6) is 0 Å². The van der Waals surface area contributed by atoms with Crippen molar-refractivity contribution in [2.45, 2.75) is 39.1 Å². The first kappa shape index (κ1) is 18.0. The number of hydrogen-bond donors (Lipinski definition) is 0. The van der Waals surface area contributed by atoms with Crippen LogP contribution in [0.1, 0.15) is 35.5 Å². The number of imidazole rings is 2. The summed E-state index contributed by atoms with van der Waals surface area (Å²) in [5.74, 6) is 0.850. The average Bonchev–Trinajstić information content (AvgIpc) is 3.17. The number of aromatic nitrogens is 3. The van der Waals surface area contributed by atoms with Crippen LogP contribution in [0.15, 0.2) is 42.5 Å². The Kier molecular flexibility index (Phi) is 4.42. The number of Topliss-reactive ketones (excluding diaryl/α,β-unsaturated/α-hetero) is 1. The zero-order valence-corrected chi connectivity index (χ0v) is 17.5. The summed E-state index contributed by atoms with van der Waals surface area (Å²) >= 11 is 3.47. The van der Waals surface area contributed by atoms with Gasteiger partial charge in [0.1, 0.15) is 11.4 Å². The van der Waals surface area contributed by atoms with E-state index in [4.69, 9.17) is 4.98 Å². The quantitative estimate of drug-likeness (QED) is 0.318. The smallest absolute Gasteiger partial charge is 0.216 e. The SMILES string of the molecule is CCn1c2cc(C)c(C)cc2n2c(C(=O)C(C)Br)c(-c3ccccc3)nc12. The molecule has 0 bridgehead atoms. The largest absolute Gasteiger partial charge is 0.310 e. The number of hydrogen-bond acceptors (Lipinski definition) is 2. The highest BCUT2D eigenvalue weighted by molar-refractivity contribution is 9.10. The average molecular weight is 424 g/mol. The van der Waals surface area contributed by atoms with E-state index in [1.807, 2.05) is 41.7 Å². The van der Waals surface area contributed by atoms with E-state index in [-0.39, 0.29) is 10.6 Å². The maximum absolute atomic E-state index is 13.2. The topological polar surface area (TPSA) is 39.3 Å². The van der Waals surface area contributed by atoms with Crippen LogP contribution in [0.3, 0.4) is 0 Å². The van der Waals surface area contributed by atoms with Gasteiger partial charge < -0.3 is 4.57 Å². The highest BCUT2D eigenvalue weighted by Gasteiger charge is 2.27. The maximum atomic E-state index is 13.2. The van der Waals surface area contributed by atoms with Crippen LogP contribution in [0, 0.1) is 13.8 Å². The number of rotatable bonds is 4. The molecule has 0 saturated heterocycles. The number of halogens is 1. The van der Waals surface area contributed by atoms with Crippen molar-refractivity contribution in [1.29, 1.82) is 0 Å². The molecular weight excluding hydrogens is 402 g/mol. The van der Waals surface area contributed by atoms with Crippen LogP contribution in [0.2, 0.25) is 0 Å². The van der Waals surface area contributed by atoms with Crippen molar-refractivity contribution in [2.24, 2.45) is 0 Å². The van der Waals surface area contributed by atoms with Crippen molar-refractivity contribution in [3.63, 3.8) is 0 Å². The van der Waals surface area contributed by atoms with E-state index in [0.29, 0.717) is 5.69 Å². The van der Waals surface area contributed by atoms with Gasteiger partial charge in [-0.05, 0) is 51.0 Å². The molecule has 0 N–H and O–H groups in total. The molecule has 1 unspecified atom stereocenters. The van der Waals surface area contributed by atoms with E-state index < -0.39 is 0 Å². The third-order valence-electron chi connectivity index (χ3n) is 5.18. The van der Waals surface area contributed by atoms with Crippen LogP contribution in [0.25, 0.3) is 28.1 Å². The number of benzene rings is 2. The van der Waals surface area contributed by atoms with Gasteiger partial charge in [0.05, 0.1) is 15.9 Å². The predicted molar refractivity (Wildman–Crippen MR) is 114 cm³/mol. The molecule has 0 aliphatic heterocycles. The van der Waals surface area contributed by atoms with Crippen LogP contribution < -0.4 is 0 Å². The highest BCUT2D eigenvalue weighted by Crippen LogP contribution is 2.32. The maximum Gasteiger partial charge on any atom is 0.216 e. The molecule has 4 nitrogen and oxygen atoms in total. The van der Waals surface area contributed by atoms with Crippen LogP contribution in [-0.4, -0.2) is 24.6 Å². The third-order valence-corrected chi connectivity index (χ3v) is 5.60. The molecular formula is C22H22BrN3O. The molecule has 0 aliphatic carbocycles. The fraction of sp³-hybridized carbons (Fsp3) is 0.273. The fourth-order valence-corrected chi connectivity index (χ4v) is 3.85. The zero-order chi connectivity index (χ0) is 19.3. The molecule has 0 aliphatic rings. The lowest BCUT2D eigenvalue weighted by molar-refractivity contribution is 0.0991. The number of ketones is 1. The molecule has 0 radical (unpaired) electrons. The number of fused-ring (bicyclic) bond motifs is 3. The summed E-state index contributed by atoms with van der Waals surface area (Å²) in [6.45, 7) is 8.99. The van der Waals surface area contributed by atoms with E-state index in [1.165, 1.54) is 11.1 Å². The highest BCUT2D eigenvalue weighted by atomic mass is 79.9. The van der Waals surface area contributed by atoms with Gasteiger partial charge in [-0.1, -0.05) is 46.3 Å². The van der Waals surface area contributed by atoms with E-state index in [1.54, 1.807) is 0 Å². The molecule has 0 amide bonds. The predicted octanol–water partition coefficient (Wildman–Crippen LogP) is 5.56. The van der Waals surface area contributed by atoms with Crippen LogP contribution >= 0.6 is 15.9 Å². The first-order valence-corrected chi connectivity index (χ1v) is 10.1. The second-order valence-corrected chi connectivity index (χ2v) is 8.33. The second kappa shape index (κ2) is 6.64. The monoisotopic (exact) mass is 423 g/mol. The van der Waals surface area contributed by atoms with Crippen molar-refractivity contribution < 1.29 is 4.79 Å². The zero-order valence-electron chi connectivity index (χ0n) is 16.0. The molecule has 1 atom stereocenters. The number of aryl methyl sites for hydroxylation is 3. The Morgan fingerprint density at radius 2 is 1.74 bits per heavy atom.